The molecule has 8 heavy (non-hydrogen) atoms. The van der Waals surface area contributed by atoms with Gasteiger partial charge in [0.25, 0.3) is 0 Å². The number of benzene rings is 1. The zero-order valence-corrected chi connectivity index (χ0v) is 5.64. The van der Waals surface area contributed by atoms with E-state index in [4.69, 9.17) is 5.11 Å². The third-order valence-electron chi connectivity index (χ3n) is 0.785. The van der Waals surface area contributed by atoms with E-state index < -0.39 is 0 Å². The molecule has 0 unspecified atom stereocenters. The van der Waals surface area contributed by atoms with E-state index in [-0.39, 0.29) is 5.75 Å². The first-order valence-corrected chi connectivity index (χ1v) is 2.95. The summed E-state index contributed by atoms with van der Waals surface area (Å²) in [5.41, 5.74) is 0. The molecule has 41 valence electrons. The summed E-state index contributed by atoms with van der Waals surface area (Å²) in [6, 6.07) is 7.81. The Labute approximate surface area is 56.1 Å². The van der Waals surface area contributed by atoms with Crippen LogP contribution in [-0.4, -0.2) is 5.11 Å². The quantitative estimate of drug-likeness (QED) is 0.634. The van der Waals surface area contributed by atoms with Crippen molar-refractivity contribution in [3.05, 3.63) is 28.7 Å². The van der Waals surface area contributed by atoms with E-state index in [1.165, 1.54) is 0 Å². The summed E-state index contributed by atoms with van der Waals surface area (Å²) in [5.74, 6) is 0.229. The second-order valence-electron chi connectivity index (χ2n) is 1.37. The largest absolute Gasteiger partial charge is 0.507 e. The molecule has 2 heteroatoms. The van der Waals surface area contributed by atoms with E-state index in [9.17, 15) is 0 Å². The van der Waals surface area contributed by atoms with Crippen LogP contribution in [0, 0.1) is 6.07 Å². The molecule has 0 saturated heterocycles. The molecule has 0 saturated carbocycles. The number of phenolic OH excluding ortho intramolecular Hbond substituents is 1. The van der Waals surface area contributed by atoms with E-state index in [0.29, 0.717) is 4.47 Å². The molecule has 0 heterocycles. The van der Waals surface area contributed by atoms with E-state index in [1.54, 1.807) is 18.2 Å². The van der Waals surface area contributed by atoms with Crippen molar-refractivity contribution in [2.45, 2.75) is 0 Å². The minimum atomic E-state index is 0.229. The lowest BCUT2D eigenvalue weighted by Crippen LogP contribution is -1.64. The van der Waals surface area contributed by atoms with Gasteiger partial charge in [0.05, 0.1) is 4.47 Å². The lowest BCUT2D eigenvalue weighted by atomic mass is 10.3. The minimum absolute atomic E-state index is 0.229. The van der Waals surface area contributed by atoms with Crippen LogP contribution < -0.4 is 0 Å². The van der Waals surface area contributed by atoms with Gasteiger partial charge in [0.2, 0.25) is 0 Å². The van der Waals surface area contributed by atoms with Crippen LogP contribution in [0.1, 0.15) is 0 Å². The Bertz CT molecular complexity index is 165. The van der Waals surface area contributed by atoms with Crippen LogP contribution >= 0.6 is 15.9 Å². The Hall–Kier alpha value is -0.500. The summed E-state index contributed by atoms with van der Waals surface area (Å²) in [5, 5.41) is 8.84. The lowest BCUT2D eigenvalue weighted by molar-refractivity contribution is 0.472. The highest BCUT2D eigenvalue weighted by atomic mass is 79.9. The van der Waals surface area contributed by atoms with Crippen molar-refractivity contribution < 1.29 is 5.11 Å². The van der Waals surface area contributed by atoms with Crippen molar-refractivity contribution in [2.24, 2.45) is 0 Å². The van der Waals surface area contributed by atoms with Crippen molar-refractivity contribution in [3.63, 3.8) is 0 Å². The van der Waals surface area contributed by atoms with Gasteiger partial charge < -0.3 is 5.11 Å². The van der Waals surface area contributed by atoms with Gasteiger partial charge in [0.15, 0.2) is 0 Å². The van der Waals surface area contributed by atoms with Crippen molar-refractivity contribution >= 4 is 15.9 Å². The van der Waals surface area contributed by atoms with Gasteiger partial charge in [0, 0.05) is 6.07 Å². The summed E-state index contributed by atoms with van der Waals surface area (Å²) >= 11 is 3.09. The van der Waals surface area contributed by atoms with Gasteiger partial charge in [-0.3, -0.25) is 0 Å². The third-order valence-corrected chi connectivity index (χ3v) is 1.42. The lowest BCUT2D eigenvalue weighted by Gasteiger charge is -1.89. The van der Waals surface area contributed by atoms with Gasteiger partial charge in [-0.05, 0) is 22.0 Å². The van der Waals surface area contributed by atoms with Crippen molar-refractivity contribution in [3.8, 4) is 5.75 Å². The fourth-order valence-corrected chi connectivity index (χ4v) is 0.672. The second-order valence-corrected chi connectivity index (χ2v) is 2.16. The molecule has 0 aliphatic carbocycles. The maximum absolute atomic E-state index is 8.84. The van der Waals surface area contributed by atoms with E-state index in [2.05, 4.69) is 22.0 Å². The predicted octanol–water partition coefficient (Wildman–Crippen LogP) is 1.95. The van der Waals surface area contributed by atoms with Crippen LogP contribution in [0.25, 0.3) is 0 Å². The molecular weight excluding hydrogens is 168 g/mol. The van der Waals surface area contributed by atoms with Gasteiger partial charge in [-0.2, -0.15) is 0 Å². The van der Waals surface area contributed by atoms with Crippen molar-refractivity contribution in [2.75, 3.05) is 0 Å². The van der Waals surface area contributed by atoms with Gasteiger partial charge in [-0.1, -0.05) is 12.1 Å². The first-order valence-electron chi connectivity index (χ1n) is 2.16. The van der Waals surface area contributed by atoms with Crippen LogP contribution in [0.3, 0.4) is 0 Å². The minimum Gasteiger partial charge on any atom is -0.507 e. The zero-order chi connectivity index (χ0) is 5.98. The molecule has 1 nitrogen and oxygen atoms in total. The van der Waals surface area contributed by atoms with Crippen molar-refractivity contribution in [1.82, 2.24) is 0 Å². The Balaban J connectivity index is 3.13. The highest BCUT2D eigenvalue weighted by molar-refractivity contribution is 9.10. The Morgan fingerprint density at radius 3 is 2.75 bits per heavy atom. The van der Waals surface area contributed by atoms with Gasteiger partial charge in [0.1, 0.15) is 5.75 Å². The molecule has 1 rings (SSSR count). The monoisotopic (exact) mass is 171 g/mol. The molecule has 1 aromatic rings. The smallest absolute Gasteiger partial charge is 0.130 e. The SMILES string of the molecule is Oc1ccc[c]c1Br. The summed E-state index contributed by atoms with van der Waals surface area (Å²) in [7, 11) is 0. The van der Waals surface area contributed by atoms with Gasteiger partial charge in [-0.15, -0.1) is 0 Å². The molecule has 0 spiro atoms. The molecule has 0 amide bonds. The maximum Gasteiger partial charge on any atom is 0.130 e. The average Bonchev–Trinajstić information content (AvgIpc) is 1.77. The fourth-order valence-electron chi connectivity index (χ4n) is 0.408. The normalized spacial score (nSPS) is 9.12. The molecule has 0 aliphatic heterocycles. The van der Waals surface area contributed by atoms with Crippen LogP contribution in [-0.2, 0) is 0 Å². The Kier molecular flexibility index (Phi) is 1.53. The topological polar surface area (TPSA) is 20.2 Å². The van der Waals surface area contributed by atoms with Gasteiger partial charge >= 0.3 is 0 Å². The van der Waals surface area contributed by atoms with Crippen LogP contribution in [0.2, 0.25) is 0 Å². The Morgan fingerprint density at radius 2 is 2.38 bits per heavy atom. The number of hydrogen-bond donors (Lipinski definition) is 1. The molecule has 0 aromatic heterocycles. The summed E-state index contributed by atoms with van der Waals surface area (Å²) in [4.78, 5) is 0. The summed E-state index contributed by atoms with van der Waals surface area (Å²) < 4.78 is 0.611. The molecule has 0 fully saturated rings. The van der Waals surface area contributed by atoms with E-state index in [1.807, 2.05) is 0 Å². The summed E-state index contributed by atoms with van der Waals surface area (Å²) in [6.45, 7) is 0. The molecule has 0 atom stereocenters. The maximum atomic E-state index is 8.84. The first kappa shape index (κ1) is 5.63. The number of aromatic hydroxyl groups is 1. The first-order chi connectivity index (χ1) is 3.80. The third kappa shape index (κ3) is 1.01. The highest BCUT2D eigenvalue weighted by Crippen LogP contribution is 2.20. The standard InChI is InChI=1S/C6H4BrO/c7-5-3-1-2-4-6(5)8/h1-2,4,8H. The predicted molar refractivity (Wildman–Crippen MR) is 34.6 cm³/mol. The molecule has 0 bridgehead atoms. The summed E-state index contributed by atoms with van der Waals surface area (Å²) in [6.07, 6.45) is 0. The van der Waals surface area contributed by atoms with Gasteiger partial charge in [-0.25, -0.2) is 0 Å². The molecule has 1 aromatic carbocycles. The van der Waals surface area contributed by atoms with Crippen molar-refractivity contribution in [1.29, 1.82) is 0 Å². The van der Waals surface area contributed by atoms with E-state index >= 15 is 0 Å². The number of phenols is 1. The molecule has 0 aliphatic rings. The number of halogens is 1. The van der Waals surface area contributed by atoms with Crippen LogP contribution in [0.5, 0.6) is 5.75 Å². The van der Waals surface area contributed by atoms with Crippen LogP contribution in [0.4, 0.5) is 0 Å². The highest BCUT2D eigenvalue weighted by Gasteiger charge is 1.89. The molecular formula is C6H4BrO. The molecule has 1 N–H and O–H groups in total. The molecule has 1 radical (unpaired) electrons. The number of hydrogen-bond acceptors (Lipinski definition) is 1. The van der Waals surface area contributed by atoms with E-state index in [0.717, 1.165) is 0 Å². The average molecular weight is 172 g/mol. The Morgan fingerprint density at radius 1 is 1.62 bits per heavy atom. The fraction of sp³-hybridized carbons (Fsp3) is 0. The second kappa shape index (κ2) is 2.18. The van der Waals surface area contributed by atoms with Crippen LogP contribution in [0.15, 0.2) is 22.7 Å². The number of rotatable bonds is 0. The zero-order valence-electron chi connectivity index (χ0n) is 4.06.